The van der Waals surface area contributed by atoms with Gasteiger partial charge in [-0.25, -0.2) is 4.39 Å². The molecule has 5 heteroatoms. The summed E-state index contributed by atoms with van der Waals surface area (Å²) in [4.78, 5) is 11.7. The number of carbonyl (C=O) groups is 1. The number of hydrogen-bond donors (Lipinski definition) is 1. The van der Waals surface area contributed by atoms with Crippen molar-refractivity contribution in [2.24, 2.45) is 7.05 Å². The largest absolute Gasteiger partial charge is 0.307 e. The standard InChI is InChI=1S/C14H14FN3O/c1-10-9-13(18(2)17-10)16-14(19)8-5-11-3-6-12(15)7-4-11/h3-9H,1-2H3,(H,16,19)/b8-5+. The molecule has 0 aliphatic carbocycles. The van der Waals surface area contributed by atoms with Gasteiger partial charge in [0.1, 0.15) is 11.6 Å². The molecule has 2 aromatic rings. The van der Waals surface area contributed by atoms with Gasteiger partial charge in [-0.3, -0.25) is 9.48 Å². The zero-order chi connectivity index (χ0) is 13.8. The quantitative estimate of drug-likeness (QED) is 0.861. The van der Waals surface area contributed by atoms with E-state index in [1.165, 1.54) is 18.2 Å². The third-order valence-electron chi connectivity index (χ3n) is 2.55. The molecule has 1 heterocycles. The minimum absolute atomic E-state index is 0.257. The summed E-state index contributed by atoms with van der Waals surface area (Å²) in [5, 5.41) is 6.84. The molecule has 1 aromatic carbocycles. The van der Waals surface area contributed by atoms with E-state index in [1.54, 1.807) is 36.0 Å². The van der Waals surface area contributed by atoms with E-state index < -0.39 is 0 Å². The van der Waals surface area contributed by atoms with E-state index in [9.17, 15) is 9.18 Å². The van der Waals surface area contributed by atoms with E-state index in [0.717, 1.165) is 11.3 Å². The van der Waals surface area contributed by atoms with Gasteiger partial charge in [0, 0.05) is 19.2 Å². The molecule has 0 radical (unpaired) electrons. The van der Waals surface area contributed by atoms with Crippen LogP contribution in [-0.2, 0) is 11.8 Å². The molecule has 0 aliphatic heterocycles. The molecule has 0 unspecified atom stereocenters. The van der Waals surface area contributed by atoms with E-state index >= 15 is 0 Å². The van der Waals surface area contributed by atoms with Crippen molar-refractivity contribution in [3.05, 3.63) is 53.5 Å². The molecule has 1 aromatic heterocycles. The second-order valence-electron chi connectivity index (χ2n) is 4.17. The zero-order valence-corrected chi connectivity index (χ0v) is 10.7. The molecule has 4 nitrogen and oxygen atoms in total. The van der Waals surface area contributed by atoms with Gasteiger partial charge in [0.05, 0.1) is 5.69 Å². The normalized spacial score (nSPS) is 10.9. The average molecular weight is 259 g/mol. The Labute approximate surface area is 110 Å². The van der Waals surface area contributed by atoms with E-state index in [2.05, 4.69) is 10.4 Å². The van der Waals surface area contributed by atoms with Crippen LogP contribution in [0.5, 0.6) is 0 Å². The smallest absolute Gasteiger partial charge is 0.249 e. The number of carbonyl (C=O) groups excluding carboxylic acids is 1. The fraction of sp³-hybridized carbons (Fsp3) is 0.143. The molecule has 0 spiro atoms. The summed E-state index contributed by atoms with van der Waals surface area (Å²) in [6, 6.07) is 7.69. The Kier molecular flexibility index (Phi) is 3.75. The van der Waals surface area contributed by atoms with Gasteiger partial charge in [0.25, 0.3) is 0 Å². The van der Waals surface area contributed by atoms with Crippen LogP contribution in [0.15, 0.2) is 36.4 Å². The van der Waals surface area contributed by atoms with Gasteiger partial charge in [0.2, 0.25) is 5.91 Å². The number of halogens is 1. The van der Waals surface area contributed by atoms with Crippen molar-refractivity contribution in [1.82, 2.24) is 9.78 Å². The van der Waals surface area contributed by atoms with Crippen LogP contribution in [0.25, 0.3) is 6.08 Å². The highest BCUT2D eigenvalue weighted by Crippen LogP contribution is 2.09. The predicted octanol–water partition coefficient (Wildman–Crippen LogP) is 2.52. The van der Waals surface area contributed by atoms with Crippen molar-refractivity contribution in [2.75, 3.05) is 5.32 Å². The number of nitrogens with zero attached hydrogens (tertiary/aromatic N) is 2. The monoisotopic (exact) mass is 259 g/mol. The Balaban J connectivity index is 2.01. The average Bonchev–Trinajstić information content (AvgIpc) is 2.67. The summed E-state index contributed by atoms with van der Waals surface area (Å²) in [5.41, 5.74) is 1.60. The molecule has 2 rings (SSSR count). The molecular weight excluding hydrogens is 245 g/mol. The summed E-state index contributed by atoms with van der Waals surface area (Å²) >= 11 is 0. The first-order valence-corrected chi connectivity index (χ1v) is 5.80. The Morgan fingerprint density at radius 1 is 1.37 bits per heavy atom. The van der Waals surface area contributed by atoms with Crippen LogP contribution in [0.1, 0.15) is 11.3 Å². The summed E-state index contributed by atoms with van der Waals surface area (Å²) in [5.74, 6) is 0.0746. The van der Waals surface area contributed by atoms with Crippen molar-refractivity contribution in [2.45, 2.75) is 6.92 Å². The number of aryl methyl sites for hydroxylation is 2. The van der Waals surface area contributed by atoms with Crippen LogP contribution in [-0.4, -0.2) is 15.7 Å². The number of anilines is 1. The van der Waals surface area contributed by atoms with Crippen molar-refractivity contribution in [3.8, 4) is 0 Å². The first kappa shape index (κ1) is 13.0. The Hall–Kier alpha value is -2.43. The van der Waals surface area contributed by atoms with Crippen molar-refractivity contribution < 1.29 is 9.18 Å². The topological polar surface area (TPSA) is 46.9 Å². The molecular formula is C14H14FN3O. The van der Waals surface area contributed by atoms with Gasteiger partial charge >= 0.3 is 0 Å². The Morgan fingerprint density at radius 3 is 2.63 bits per heavy atom. The fourth-order valence-corrected chi connectivity index (χ4v) is 1.64. The Bertz CT molecular complexity index is 614. The highest BCUT2D eigenvalue weighted by atomic mass is 19.1. The lowest BCUT2D eigenvalue weighted by Crippen LogP contribution is -2.11. The second-order valence-corrected chi connectivity index (χ2v) is 4.17. The number of aromatic nitrogens is 2. The lowest BCUT2D eigenvalue weighted by Gasteiger charge is -2.01. The Morgan fingerprint density at radius 2 is 2.05 bits per heavy atom. The number of rotatable bonds is 3. The molecule has 1 amide bonds. The molecule has 19 heavy (non-hydrogen) atoms. The van der Waals surface area contributed by atoms with Crippen LogP contribution in [0.4, 0.5) is 10.2 Å². The number of amides is 1. The molecule has 0 atom stereocenters. The predicted molar refractivity (Wildman–Crippen MR) is 72.0 cm³/mol. The maximum atomic E-state index is 12.7. The first-order valence-electron chi connectivity index (χ1n) is 5.80. The van der Waals surface area contributed by atoms with E-state index in [0.29, 0.717) is 5.82 Å². The first-order chi connectivity index (χ1) is 9.04. The minimum Gasteiger partial charge on any atom is -0.307 e. The number of hydrogen-bond acceptors (Lipinski definition) is 2. The summed E-state index contributed by atoms with van der Waals surface area (Å²) < 4.78 is 14.3. The fourth-order valence-electron chi connectivity index (χ4n) is 1.64. The van der Waals surface area contributed by atoms with Crippen LogP contribution in [0, 0.1) is 12.7 Å². The summed E-state index contributed by atoms with van der Waals surface area (Å²) in [7, 11) is 1.76. The SMILES string of the molecule is Cc1cc(NC(=O)/C=C/c2ccc(F)cc2)n(C)n1. The van der Waals surface area contributed by atoms with Crippen molar-refractivity contribution in [3.63, 3.8) is 0 Å². The second kappa shape index (κ2) is 5.48. The molecule has 0 aliphatic rings. The molecule has 0 bridgehead atoms. The van der Waals surface area contributed by atoms with E-state index in [4.69, 9.17) is 0 Å². The van der Waals surface area contributed by atoms with Crippen LogP contribution >= 0.6 is 0 Å². The molecule has 0 fully saturated rings. The van der Waals surface area contributed by atoms with Gasteiger partial charge in [-0.1, -0.05) is 12.1 Å². The maximum absolute atomic E-state index is 12.7. The molecule has 1 N–H and O–H groups in total. The van der Waals surface area contributed by atoms with Gasteiger partial charge in [0.15, 0.2) is 0 Å². The lowest BCUT2D eigenvalue weighted by atomic mass is 10.2. The molecule has 98 valence electrons. The van der Waals surface area contributed by atoms with E-state index in [-0.39, 0.29) is 11.7 Å². The van der Waals surface area contributed by atoms with Crippen molar-refractivity contribution in [1.29, 1.82) is 0 Å². The number of nitrogens with one attached hydrogen (secondary N) is 1. The number of benzene rings is 1. The van der Waals surface area contributed by atoms with Gasteiger partial charge in [-0.2, -0.15) is 5.10 Å². The van der Waals surface area contributed by atoms with Gasteiger partial charge in [-0.05, 0) is 30.7 Å². The van der Waals surface area contributed by atoms with Crippen molar-refractivity contribution >= 4 is 17.8 Å². The third kappa shape index (κ3) is 3.51. The van der Waals surface area contributed by atoms with Gasteiger partial charge in [-0.15, -0.1) is 0 Å². The maximum Gasteiger partial charge on any atom is 0.249 e. The molecule has 0 saturated heterocycles. The highest BCUT2D eigenvalue weighted by Gasteiger charge is 2.03. The van der Waals surface area contributed by atoms with Crippen LogP contribution in [0.2, 0.25) is 0 Å². The summed E-state index contributed by atoms with van der Waals surface area (Å²) in [6.07, 6.45) is 3.02. The summed E-state index contributed by atoms with van der Waals surface area (Å²) in [6.45, 7) is 1.85. The van der Waals surface area contributed by atoms with Crippen LogP contribution < -0.4 is 5.32 Å². The highest BCUT2D eigenvalue weighted by molar-refractivity contribution is 6.01. The van der Waals surface area contributed by atoms with Gasteiger partial charge < -0.3 is 5.32 Å². The zero-order valence-electron chi connectivity index (χ0n) is 10.7. The third-order valence-corrected chi connectivity index (χ3v) is 2.55. The minimum atomic E-state index is -0.299. The lowest BCUT2D eigenvalue weighted by molar-refractivity contribution is -0.111. The molecule has 0 saturated carbocycles. The van der Waals surface area contributed by atoms with Crippen LogP contribution in [0.3, 0.4) is 0 Å². The van der Waals surface area contributed by atoms with E-state index in [1.807, 2.05) is 6.92 Å².